The number of ether oxygens (including phenoxy) is 1. The highest BCUT2D eigenvalue weighted by Gasteiger charge is 2.48. The van der Waals surface area contributed by atoms with E-state index in [9.17, 15) is 14.7 Å². The molecule has 1 atom stereocenters. The fourth-order valence-electron chi connectivity index (χ4n) is 3.24. The minimum atomic E-state index is -1.96. The lowest BCUT2D eigenvalue weighted by atomic mass is 9.97. The van der Waals surface area contributed by atoms with Crippen molar-refractivity contribution in [1.29, 1.82) is 0 Å². The predicted molar refractivity (Wildman–Crippen MR) is 88.1 cm³/mol. The van der Waals surface area contributed by atoms with Gasteiger partial charge >= 0.3 is 5.97 Å². The van der Waals surface area contributed by atoms with Crippen molar-refractivity contribution in [2.45, 2.75) is 43.5 Å². The molecule has 8 heteroatoms. The molecule has 0 fully saturated rings. The zero-order valence-corrected chi connectivity index (χ0v) is 14.3. The first-order valence-corrected chi connectivity index (χ1v) is 9.46. The number of aromatic nitrogens is 2. The van der Waals surface area contributed by atoms with Crippen LogP contribution in [0.3, 0.4) is 0 Å². The van der Waals surface area contributed by atoms with Crippen LogP contribution >= 0.6 is 23.1 Å². The fourth-order valence-corrected chi connectivity index (χ4v) is 5.64. The van der Waals surface area contributed by atoms with Gasteiger partial charge < -0.3 is 9.84 Å². The molecule has 0 bridgehead atoms. The summed E-state index contributed by atoms with van der Waals surface area (Å²) in [7, 11) is 0. The number of thioether (sulfide) groups is 1. The summed E-state index contributed by atoms with van der Waals surface area (Å²) in [5.74, 6) is -0.744. The molecule has 3 heterocycles. The molecule has 122 valence electrons. The molecule has 6 nitrogen and oxygen atoms in total. The molecule has 2 aliphatic rings. The van der Waals surface area contributed by atoms with Crippen LogP contribution in [0, 0.1) is 0 Å². The molecule has 0 unspecified atom stereocenters. The summed E-state index contributed by atoms with van der Waals surface area (Å²) in [6, 6.07) is 0. The topological polar surface area (TPSA) is 81.4 Å². The fraction of sp³-hybridized carbons (Fsp3) is 0.533. The van der Waals surface area contributed by atoms with E-state index < -0.39 is 11.7 Å². The highest BCUT2D eigenvalue weighted by atomic mass is 32.2. The van der Waals surface area contributed by atoms with E-state index in [4.69, 9.17) is 4.74 Å². The third-order valence-electron chi connectivity index (χ3n) is 4.33. The molecule has 0 saturated carbocycles. The molecule has 4 rings (SSSR count). The molecule has 1 aliphatic carbocycles. The summed E-state index contributed by atoms with van der Waals surface area (Å²) in [5, 5.41) is 11.7. The number of aliphatic hydroxyl groups is 1. The number of carbonyl (C=O) groups is 1. The summed E-state index contributed by atoms with van der Waals surface area (Å²) in [6.45, 7) is 1.82. The standard InChI is InChI=1S/C15H16N2O4S2/c1-2-21-13(19)15(20)7-22-14-16-11-10(12(18)17(14)15)8-5-3-4-6-9(8)23-11/h20H,2-7H2,1H3/t15-/m1/s1. The van der Waals surface area contributed by atoms with Crippen LogP contribution in [-0.2, 0) is 28.1 Å². The molecule has 0 aromatic carbocycles. The van der Waals surface area contributed by atoms with Gasteiger partial charge in [-0.1, -0.05) is 11.8 Å². The maximum atomic E-state index is 13.0. The summed E-state index contributed by atoms with van der Waals surface area (Å²) < 4.78 is 6.08. The number of fused-ring (bicyclic) bond motifs is 4. The summed E-state index contributed by atoms with van der Waals surface area (Å²) in [5.41, 5.74) is -1.24. The monoisotopic (exact) mass is 352 g/mol. The number of thiophene rings is 1. The van der Waals surface area contributed by atoms with Crippen LogP contribution in [-0.4, -0.2) is 33.0 Å². The van der Waals surface area contributed by atoms with Crippen LogP contribution in [0.4, 0.5) is 0 Å². The van der Waals surface area contributed by atoms with Gasteiger partial charge in [0, 0.05) is 4.88 Å². The van der Waals surface area contributed by atoms with Crippen molar-refractivity contribution >= 4 is 39.3 Å². The Morgan fingerprint density at radius 3 is 3.00 bits per heavy atom. The second-order valence-corrected chi connectivity index (χ2v) is 7.78. The average molecular weight is 352 g/mol. The minimum Gasteiger partial charge on any atom is -0.462 e. The van der Waals surface area contributed by atoms with Crippen LogP contribution in [0.5, 0.6) is 0 Å². The molecule has 0 saturated heterocycles. The largest absolute Gasteiger partial charge is 0.462 e. The van der Waals surface area contributed by atoms with Gasteiger partial charge in [-0.15, -0.1) is 11.3 Å². The van der Waals surface area contributed by atoms with Crippen molar-refractivity contribution < 1.29 is 14.6 Å². The van der Waals surface area contributed by atoms with Crippen molar-refractivity contribution in [3.63, 3.8) is 0 Å². The quantitative estimate of drug-likeness (QED) is 0.654. The van der Waals surface area contributed by atoms with Crippen LogP contribution in [0.1, 0.15) is 30.2 Å². The lowest BCUT2D eigenvalue weighted by molar-refractivity contribution is -0.173. The molecule has 1 aliphatic heterocycles. The van der Waals surface area contributed by atoms with E-state index in [1.54, 1.807) is 18.3 Å². The summed E-state index contributed by atoms with van der Waals surface area (Å²) in [6.07, 6.45) is 4.01. The number of esters is 1. The first kappa shape index (κ1) is 15.2. The Bertz CT molecular complexity index is 872. The molecule has 0 spiro atoms. The number of hydrogen-bond acceptors (Lipinski definition) is 7. The van der Waals surface area contributed by atoms with Crippen molar-refractivity contribution in [2.24, 2.45) is 0 Å². The van der Waals surface area contributed by atoms with Crippen molar-refractivity contribution in [2.75, 3.05) is 12.4 Å². The van der Waals surface area contributed by atoms with Gasteiger partial charge in [-0.25, -0.2) is 14.3 Å². The zero-order chi connectivity index (χ0) is 16.2. The molecule has 1 N–H and O–H groups in total. The van der Waals surface area contributed by atoms with Gasteiger partial charge in [0.15, 0.2) is 5.16 Å². The highest BCUT2D eigenvalue weighted by Crippen LogP contribution is 2.39. The van der Waals surface area contributed by atoms with Crippen LogP contribution in [0.25, 0.3) is 10.2 Å². The first-order chi connectivity index (χ1) is 11.1. The highest BCUT2D eigenvalue weighted by molar-refractivity contribution is 7.99. The molecule has 2 aromatic rings. The van der Waals surface area contributed by atoms with E-state index >= 15 is 0 Å². The van der Waals surface area contributed by atoms with Gasteiger partial charge in [0.05, 0.1) is 17.7 Å². The lowest BCUT2D eigenvalue weighted by Gasteiger charge is -2.22. The van der Waals surface area contributed by atoms with Crippen LogP contribution in [0.15, 0.2) is 9.95 Å². The Morgan fingerprint density at radius 1 is 1.43 bits per heavy atom. The molecular formula is C15H16N2O4S2. The molecule has 2 aromatic heterocycles. The number of hydrogen-bond donors (Lipinski definition) is 1. The second-order valence-electron chi connectivity index (χ2n) is 5.75. The van der Waals surface area contributed by atoms with Crippen molar-refractivity contribution in [1.82, 2.24) is 9.55 Å². The lowest BCUT2D eigenvalue weighted by Crippen LogP contribution is -2.48. The predicted octanol–water partition coefficient (Wildman–Crippen LogP) is 1.65. The third kappa shape index (κ3) is 2.08. The normalized spacial score (nSPS) is 22.9. The van der Waals surface area contributed by atoms with Gasteiger partial charge in [0.1, 0.15) is 4.83 Å². The molecule has 0 amide bonds. The minimum absolute atomic E-state index is 0.0491. The van der Waals surface area contributed by atoms with E-state index in [2.05, 4.69) is 4.98 Å². The summed E-state index contributed by atoms with van der Waals surface area (Å²) >= 11 is 2.77. The molecule has 0 radical (unpaired) electrons. The Labute approximate surface area is 140 Å². The van der Waals surface area contributed by atoms with Crippen LogP contribution in [0.2, 0.25) is 0 Å². The van der Waals surface area contributed by atoms with Crippen molar-refractivity contribution in [3.8, 4) is 0 Å². The van der Waals surface area contributed by atoms with E-state index in [-0.39, 0.29) is 17.9 Å². The Morgan fingerprint density at radius 2 is 2.22 bits per heavy atom. The Kier molecular flexibility index (Phi) is 3.51. The smallest absolute Gasteiger partial charge is 0.361 e. The average Bonchev–Trinajstić information content (AvgIpc) is 3.07. The zero-order valence-electron chi connectivity index (χ0n) is 12.6. The molecular weight excluding hydrogens is 336 g/mol. The van der Waals surface area contributed by atoms with Gasteiger partial charge in [-0.3, -0.25) is 4.79 Å². The molecule has 23 heavy (non-hydrogen) atoms. The first-order valence-electron chi connectivity index (χ1n) is 7.66. The maximum Gasteiger partial charge on any atom is 0.361 e. The van der Waals surface area contributed by atoms with Gasteiger partial charge in [0.25, 0.3) is 11.3 Å². The number of carbonyl (C=O) groups excluding carboxylic acids is 1. The number of aryl methyl sites for hydroxylation is 2. The van der Waals surface area contributed by atoms with Gasteiger partial charge in [-0.2, -0.15) is 0 Å². The second kappa shape index (κ2) is 5.32. The third-order valence-corrected chi connectivity index (χ3v) is 6.60. The number of rotatable bonds is 2. The summed E-state index contributed by atoms with van der Waals surface area (Å²) in [4.78, 5) is 31.7. The van der Waals surface area contributed by atoms with E-state index in [0.717, 1.165) is 35.8 Å². The van der Waals surface area contributed by atoms with Crippen molar-refractivity contribution in [3.05, 3.63) is 20.8 Å². The SMILES string of the molecule is CCOC(=O)[C@]1(O)CSc2nc3sc4c(c3c(=O)n21)CCCC4. The van der Waals surface area contributed by atoms with E-state index in [0.29, 0.717) is 15.4 Å². The maximum absolute atomic E-state index is 13.0. The van der Waals surface area contributed by atoms with Gasteiger partial charge in [0.2, 0.25) is 0 Å². The van der Waals surface area contributed by atoms with E-state index in [1.807, 2.05) is 0 Å². The number of nitrogens with zero attached hydrogens (tertiary/aromatic N) is 2. The Balaban J connectivity index is 1.96. The van der Waals surface area contributed by atoms with Gasteiger partial charge in [-0.05, 0) is 38.2 Å². The Hall–Kier alpha value is -1.38. The van der Waals surface area contributed by atoms with Crippen LogP contribution < -0.4 is 5.56 Å². The van der Waals surface area contributed by atoms with E-state index in [1.165, 1.54) is 16.6 Å².